The van der Waals surface area contributed by atoms with Crippen LogP contribution in [0.1, 0.15) is 176 Å². The summed E-state index contributed by atoms with van der Waals surface area (Å²) < 4.78 is 39.9. The minimum absolute atomic E-state index is 0.0260. The van der Waals surface area contributed by atoms with Gasteiger partial charge in [0.2, 0.25) is 0 Å². The molecule has 9 heteroatoms. The van der Waals surface area contributed by atoms with Crippen LogP contribution in [-0.4, -0.2) is 103 Å². The van der Waals surface area contributed by atoms with E-state index in [0.717, 1.165) is 69.3 Å². The number of hydrogen-bond acceptors (Lipinski definition) is 9. The zero-order valence-corrected chi connectivity index (χ0v) is 38.3. The number of allylic oxidation sites excluding steroid dienone is 1. The molecular weight excluding hydrogens is 721 g/mol. The molecule has 340 valence electrons. The van der Waals surface area contributed by atoms with Gasteiger partial charge in [0.25, 0.3) is 0 Å². The molecule has 0 aromatic heterocycles. The van der Waals surface area contributed by atoms with E-state index in [4.69, 9.17) is 38.3 Å². The molecule has 0 aliphatic heterocycles. The molecule has 0 spiro atoms. The van der Waals surface area contributed by atoms with Gasteiger partial charge in [0.05, 0.1) is 66.1 Å². The van der Waals surface area contributed by atoms with E-state index in [1.165, 1.54) is 83.5 Å². The molecule has 0 amide bonds. The van der Waals surface area contributed by atoms with Crippen LogP contribution in [0.5, 0.6) is 0 Å². The number of rotatable bonds is 46. The van der Waals surface area contributed by atoms with Gasteiger partial charge in [-0.3, -0.25) is 4.79 Å². The molecule has 0 aromatic carbocycles. The normalized spacial score (nSPS) is 14.1. The molecule has 0 saturated heterocycles. The zero-order chi connectivity index (χ0) is 41.9. The Labute approximate surface area is 352 Å². The fourth-order valence-electron chi connectivity index (χ4n) is 6.76. The standard InChI is InChI=1S/C48H94O9/c1-7-8-9-10-11-15-18-32-57-48(50)28-16-13-12-14-17-31-54-41-47(42-55-40-39-53-38-37-52-36-35-51-34-30-49)56-33-29-46(6)27-21-26-45(5)25-20-24-44(4)23-19-22-43(2)3/h15,18,43-47,49H,7-14,16-17,19-42H2,1-6H3/b18-15-/t44-,45-,46?,47?/m1/s1. The summed E-state index contributed by atoms with van der Waals surface area (Å²) in [4.78, 5) is 12.0. The number of unbranched alkanes of at least 4 members (excludes halogenated alkanes) is 8. The van der Waals surface area contributed by atoms with Gasteiger partial charge in [-0.2, -0.15) is 0 Å². The van der Waals surface area contributed by atoms with E-state index in [1.54, 1.807) is 0 Å². The summed E-state index contributed by atoms with van der Waals surface area (Å²) in [5.41, 5.74) is 0. The van der Waals surface area contributed by atoms with Crippen molar-refractivity contribution in [1.29, 1.82) is 0 Å². The zero-order valence-electron chi connectivity index (χ0n) is 38.3. The molecule has 0 aliphatic rings. The molecule has 1 N–H and O–H groups in total. The van der Waals surface area contributed by atoms with E-state index in [1.807, 2.05) is 6.08 Å². The number of hydrogen-bond donors (Lipinski definition) is 1. The second-order valence-electron chi connectivity index (χ2n) is 17.0. The maximum Gasteiger partial charge on any atom is 0.306 e. The van der Waals surface area contributed by atoms with Crippen LogP contribution in [0, 0.1) is 23.7 Å². The summed E-state index contributed by atoms with van der Waals surface area (Å²) in [7, 11) is 0. The van der Waals surface area contributed by atoms with E-state index in [2.05, 4.69) is 47.6 Å². The first kappa shape index (κ1) is 55.9. The maximum atomic E-state index is 12.0. The highest BCUT2D eigenvalue weighted by Gasteiger charge is 2.13. The van der Waals surface area contributed by atoms with Crippen LogP contribution in [0.2, 0.25) is 0 Å². The minimum Gasteiger partial charge on any atom is -0.461 e. The molecule has 0 bridgehead atoms. The number of aliphatic hydroxyl groups excluding tert-OH is 1. The average molecular weight is 815 g/mol. The summed E-state index contributed by atoms with van der Waals surface area (Å²) in [5.74, 6) is 3.06. The fourth-order valence-corrected chi connectivity index (χ4v) is 6.76. The molecule has 0 saturated carbocycles. The smallest absolute Gasteiger partial charge is 0.306 e. The molecule has 0 aromatic rings. The third kappa shape index (κ3) is 44.3. The number of carbonyl (C=O) groups is 1. The predicted molar refractivity (Wildman–Crippen MR) is 236 cm³/mol. The Morgan fingerprint density at radius 2 is 1.02 bits per heavy atom. The van der Waals surface area contributed by atoms with E-state index < -0.39 is 0 Å². The molecule has 0 heterocycles. The number of aliphatic hydroxyl groups is 1. The molecule has 9 nitrogen and oxygen atoms in total. The van der Waals surface area contributed by atoms with Gasteiger partial charge in [-0.15, -0.1) is 0 Å². The molecule has 4 atom stereocenters. The van der Waals surface area contributed by atoms with Crippen LogP contribution in [0.3, 0.4) is 0 Å². The first-order valence-electron chi connectivity index (χ1n) is 23.7. The SMILES string of the molecule is CCCCCC/C=C\COC(=O)CCCCCCCOCC(COCCOCCOCCOCCO)OCCC(C)CCC[C@H](C)CCC[C@H](C)CCCC(C)C. The summed E-state index contributed by atoms with van der Waals surface area (Å²) in [6.07, 6.45) is 28.9. The highest BCUT2D eigenvalue weighted by molar-refractivity contribution is 5.69. The Morgan fingerprint density at radius 1 is 0.509 bits per heavy atom. The van der Waals surface area contributed by atoms with Crippen molar-refractivity contribution in [3.05, 3.63) is 12.2 Å². The highest BCUT2D eigenvalue weighted by atomic mass is 16.6. The largest absolute Gasteiger partial charge is 0.461 e. The lowest BCUT2D eigenvalue weighted by molar-refractivity contribution is -0.142. The molecular formula is C48H94O9. The van der Waals surface area contributed by atoms with Gasteiger partial charge < -0.3 is 38.3 Å². The van der Waals surface area contributed by atoms with Gasteiger partial charge in [-0.05, 0) is 55.8 Å². The van der Waals surface area contributed by atoms with Gasteiger partial charge in [0.1, 0.15) is 12.7 Å². The monoisotopic (exact) mass is 815 g/mol. The molecule has 0 radical (unpaired) electrons. The summed E-state index contributed by atoms with van der Waals surface area (Å²) in [6.45, 7) is 20.3. The molecule has 57 heavy (non-hydrogen) atoms. The van der Waals surface area contributed by atoms with E-state index >= 15 is 0 Å². The van der Waals surface area contributed by atoms with Crippen molar-refractivity contribution in [1.82, 2.24) is 0 Å². The van der Waals surface area contributed by atoms with Crippen molar-refractivity contribution in [3.63, 3.8) is 0 Å². The van der Waals surface area contributed by atoms with Crippen molar-refractivity contribution in [3.8, 4) is 0 Å². The Balaban J connectivity index is 4.25. The summed E-state index contributed by atoms with van der Waals surface area (Å²) in [6, 6.07) is 0. The Morgan fingerprint density at radius 3 is 1.61 bits per heavy atom. The van der Waals surface area contributed by atoms with Crippen molar-refractivity contribution >= 4 is 5.97 Å². The maximum absolute atomic E-state index is 12.0. The number of ether oxygens (including phenoxy) is 7. The highest BCUT2D eigenvalue weighted by Crippen LogP contribution is 2.23. The summed E-state index contributed by atoms with van der Waals surface area (Å²) in [5, 5.41) is 8.74. The van der Waals surface area contributed by atoms with E-state index in [-0.39, 0.29) is 18.7 Å². The quantitative estimate of drug-likeness (QED) is 0.0365. The van der Waals surface area contributed by atoms with E-state index in [9.17, 15) is 4.79 Å². The molecule has 0 fully saturated rings. The van der Waals surface area contributed by atoms with Gasteiger partial charge in [-0.1, -0.05) is 150 Å². The Bertz CT molecular complexity index is 839. The lowest BCUT2D eigenvalue weighted by atomic mass is 9.91. The fraction of sp³-hybridized carbons (Fsp3) is 0.938. The van der Waals surface area contributed by atoms with Crippen LogP contribution in [-0.2, 0) is 38.0 Å². The van der Waals surface area contributed by atoms with Crippen molar-refractivity contribution in [2.75, 3.05) is 85.9 Å². The second-order valence-corrected chi connectivity index (χ2v) is 17.0. The summed E-state index contributed by atoms with van der Waals surface area (Å²) >= 11 is 0. The van der Waals surface area contributed by atoms with Crippen LogP contribution >= 0.6 is 0 Å². The van der Waals surface area contributed by atoms with Gasteiger partial charge >= 0.3 is 5.97 Å². The molecule has 0 aliphatic carbocycles. The van der Waals surface area contributed by atoms with Crippen LogP contribution in [0.25, 0.3) is 0 Å². The third-order valence-corrected chi connectivity index (χ3v) is 10.6. The van der Waals surface area contributed by atoms with Crippen LogP contribution < -0.4 is 0 Å². The lowest BCUT2D eigenvalue weighted by Crippen LogP contribution is -2.27. The predicted octanol–water partition coefficient (Wildman–Crippen LogP) is 11.3. The lowest BCUT2D eigenvalue weighted by Gasteiger charge is -2.20. The van der Waals surface area contributed by atoms with Gasteiger partial charge in [0.15, 0.2) is 0 Å². The number of esters is 1. The van der Waals surface area contributed by atoms with E-state index in [0.29, 0.717) is 85.0 Å². The van der Waals surface area contributed by atoms with Crippen molar-refractivity contribution in [2.45, 2.75) is 182 Å². The van der Waals surface area contributed by atoms with Crippen molar-refractivity contribution < 1.29 is 43.1 Å². The van der Waals surface area contributed by atoms with Gasteiger partial charge in [-0.25, -0.2) is 0 Å². The molecule has 0 rings (SSSR count). The topological polar surface area (TPSA) is 102 Å². The van der Waals surface area contributed by atoms with Crippen LogP contribution in [0.4, 0.5) is 0 Å². The average Bonchev–Trinajstić information content (AvgIpc) is 3.18. The Hall–Kier alpha value is -1.07. The van der Waals surface area contributed by atoms with Crippen molar-refractivity contribution in [2.24, 2.45) is 23.7 Å². The second kappa shape index (κ2) is 44.5. The van der Waals surface area contributed by atoms with Crippen LogP contribution in [0.15, 0.2) is 12.2 Å². The first-order chi connectivity index (χ1) is 27.8. The first-order valence-corrected chi connectivity index (χ1v) is 23.7. The Kier molecular flexibility index (Phi) is 43.6. The molecule has 2 unspecified atom stereocenters. The number of carbonyl (C=O) groups excluding carboxylic acids is 1. The minimum atomic E-state index is -0.103. The van der Waals surface area contributed by atoms with Gasteiger partial charge in [0, 0.05) is 19.6 Å². The third-order valence-electron chi connectivity index (χ3n) is 10.6.